The molecule has 19 heavy (non-hydrogen) atoms. The lowest BCUT2D eigenvalue weighted by Gasteiger charge is -2.12. The zero-order chi connectivity index (χ0) is 13.2. The van der Waals surface area contributed by atoms with Crippen LogP contribution in [0, 0.1) is 6.92 Å². The number of aromatic nitrogens is 2. The third kappa shape index (κ3) is 2.62. The number of thiazole rings is 2. The van der Waals surface area contributed by atoms with E-state index in [-0.39, 0.29) is 6.04 Å². The maximum absolute atomic E-state index is 4.64. The molecule has 0 bridgehead atoms. The first kappa shape index (κ1) is 12.6. The summed E-state index contributed by atoms with van der Waals surface area (Å²) < 4.78 is 1.23. The molecule has 1 atom stereocenters. The second-order valence-corrected chi connectivity index (χ2v) is 6.42. The van der Waals surface area contributed by atoms with Gasteiger partial charge in [-0.3, -0.25) is 0 Å². The van der Waals surface area contributed by atoms with Gasteiger partial charge in [-0.1, -0.05) is 24.3 Å². The van der Waals surface area contributed by atoms with Crippen molar-refractivity contribution in [2.24, 2.45) is 0 Å². The van der Waals surface area contributed by atoms with Crippen molar-refractivity contribution in [3.05, 3.63) is 40.3 Å². The summed E-state index contributed by atoms with van der Waals surface area (Å²) >= 11 is 3.39. The van der Waals surface area contributed by atoms with Crippen molar-refractivity contribution >= 4 is 38.0 Å². The molecule has 0 aliphatic carbocycles. The standard InChI is InChI=1S/C14H15N3S2/c1-3-10(13-15-6-7-18-13)16-14-17-11-5-4-9(2)8-12(11)19-14/h4-8,10H,3H2,1-2H3,(H,16,17). The number of fused-ring (bicyclic) bond motifs is 1. The predicted molar refractivity (Wildman–Crippen MR) is 83.1 cm³/mol. The topological polar surface area (TPSA) is 37.8 Å². The Kier molecular flexibility index (Phi) is 3.48. The summed E-state index contributed by atoms with van der Waals surface area (Å²) in [5, 5.41) is 7.61. The molecule has 2 aromatic heterocycles. The number of nitrogens with zero attached hydrogens (tertiary/aromatic N) is 2. The van der Waals surface area contributed by atoms with E-state index in [4.69, 9.17) is 0 Å². The molecule has 3 nitrogen and oxygen atoms in total. The van der Waals surface area contributed by atoms with Crippen LogP contribution in [0.3, 0.4) is 0 Å². The summed E-state index contributed by atoms with van der Waals surface area (Å²) in [6.45, 7) is 4.27. The normalized spacial score (nSPS) is 12.7. The molecule has 3 rings (SSSR count). The third-order valence-corrected chi connectivity index (χ3v) is 4.84. The van der Waals surface area contributed by atoms with Crippen molar-refractivity contribution in [3.63, 3.8) is 0 Å². The number of hydrogen-bond acceptors (Lipinski definition) is 5. The van der Waals surface area contributed by atoms with E-state index in [9.17, 15) is 0 Å². The van der Waals surface area contributed by atoms with Crippen molar-refractivity contribution < 1.29 is 0 Å². The van der Waals surface area contributed by atoms with Crippen molar-refractivity contribution in [1.82, 2.24) is 9.97 Å². The summed E-state index contributed by atoms with van der Waals surface area (Å²) in [5.41, 5.74) is 2.33. The fourth-order valence-electron chi connectivity index (χ4n) is 1.99. The van der Waals surface area contributed by atoms with Crippen molar-refractivity contribution in [3.8, 4) is 0 Å². The molecule has 3 aromatic rings. The molecule has 1 unspecified atom stereocenters. The van der Waals surface area contributed by atoms with Gasteiger partial charge in [-0.05, 0) is 31.0 Å². The molecular formula is C14H15N3S2. The van der Waals surface area contributed by atoms with Gasteiger partial charge in [-0.15, -0.1) is 11.3 Å². The molecular weight excluding hydrogens is 274 g/mol. The van der Waals surface area contributed by atoms with E-state index in [0.717, 1.165) is 22.1 Å². The molecule has 98 valence electrons. The Balaban J connectivity index is 1.88. The molecule has 1 aromatic carbocycles. The van der Waals surface area contributed by atoms with Crippen LogP contribution in [0.15, 0.2) is 29.8 Å². The molecule has 0 aliphatic heterocycles. The fraction of sp³-hybridized carbons (Fsp3) is 0.286. The molecule has 2 heterocycles. The molecule has 0 saturated carbocycles. The Labute approximate surface area is 120 Å². The van der Waals surface area contributed by atoms with Crippen LogP contribution in [0.5, 0.6) is 0 Å². The zero-order valence-electron chi connectivity index (χ0n) is 10.9. The molecule has 0 fully saturated rings. The number of benzene rings is 1. The number of rotatable bonds is 4. The first-order valence-corrected chi connectivity index (χ1v) is 7.99. The van der Waals surface area contributed by atoms with Crippen molar-refractivity contribution in [2.45, 2.75) is 26.3 Å². The average Bonchev–Trinajstić information content (AvgIpc) is 3.04. The second-order valence-electron chi connectivity index (χ2n) is 4.47. The highest BCUT2D eigenvalue weighted by Crippen LogP contribution is 2.30. The predicted octanol–water partition coefficient (Wildman–Crippen LogP) is 4.62. The minimum absolute atomic E-state index is 0.252. The van der Waals surface area contributed by atoms with Crippen LogP contribution in [0.4, 0.5) is 5.13 Å². The van der Waals surface area contributed by atoms with Gasteiger partial charge in [0, 0.05) is 11.6 Å². The van der Waals surface area contributed by atoms with Gasteiger partial charge in [0.25, 0.3) is 0 Å². The van der Waals surface area contributed by atoms with Gasteiger partial charge in [0.2, 0.25) is 0 Å². The van der Waals surface area contributed by atoms with Gasteiger partial charge in [0.15, 0.2) is 5.13 Å². The second kappa shape index (κ2) is 5.27. The number of nitrogens with one attached hydrogen (secondary N) is 1. The summed E-state index contributed by atoms with van der Waals surface area (Å²) in [6.07, 6.45) is 2.86. The summed E-state index contributed by atoms with van der Waals surface area (Å²) in [6, 6.07) is 6.62. The maximum atomic E-state index is 4.64. The van der Waals surface area contributed by atoms with Crippen LogP contribution >= 0.6 is 22.7 Å². The monoisotopic (exact) mass is 289 g/mol. The van der Waals surface area contributed by atoms with Crippen molar-refractivity contribution in [1.29, 1.82) is 0 Å². The molecule has 0 radical (unpaired) electrons. The van der Waals surface area contributed by atoms with Gasteiger partial charge in [0.05, 0.1) is 16.3 Å². The highest BCUT2D eigenvalue weighted by Gasteiger charge is 2.14. The number of hydrogen-bond donors (Lipinski definition) is 1. The quantitative estimate of drug-likeness (QED) is 0.761. The highest BCUT2D eigenvalue weighted by molar-refractivity contribution is 7.22. The van der Waals surface area contributed by atoms with Crippen LogP contribution in [0.1, 0.15) is 30.0 Å². The average molecular weight is 289 g/mol. The summed E-state index contributed by atoms with van der Waals surface area (Å²) in [4.78, 5) is 9.02. The van der Waals surface area contributed by atoms with E-state index < -0.39 is 0 Å². The Morgan fingerprint density at radius 1 is 1.37 bits per heavy atom. The van der Waals surface area contributed by atoms with Gasteiger partial charge in [-0.2, -0.15) is 0 Å². The van der Waals surface area contributed by atoms with Crippen LogP contribution in [-0.2, 0) is 0 Å². The maximum Gasteiger partial charge on any atom is 0.184 e. The number of anilines is 1. The van der Waals surface area contributed by atoms with E-state index in [1.54, 1.807) is 22.7 Å². The fourth-order valence-corrected chi connectivity index (χ4v) is 3.78. The van der Waals surface area contributed by atoms with E-state index >= 15 is 0 Å². The minimum atomic E-state index is 0.252. The van der Waals surface area contributed by atoms with Crippen LogP contribution in [-0.4, -0.2) is 9.97 Å². The van der Waals surface area contributed by atoms with E-state index in [1.165, 1.54) is 10.3 Å². The van der Waals surface area contributed by atoms with Gasteiger partial charge in [-0.25, -0.2) is 9.97 Å². The smallest absolute Gasteiger partial charge is 0.184 e. The lowest BCUT2D eigenvalue weighted by molar-refractivity contribution is 0.741. The zero-order valence-corrected chi connectivity index (χ0v) is 12.5. The van der Waals surface area contributed by atoms with E-state index in [2.05, 4.69) is 47.3 Å². The molecule has 0 saturated heterocycles. The first-order valence-electron chi connectivity index (χ1n) is 6.29. The minimum Gasteiger partial charge on any atom is -0.352 e. The third-order valence-electron chi connectivity index (χ3n) is 3.00. The van der Waals surface area contributed by atoms with Crippen molar-refractivity contribution in [2.75, 3.05) is 5.32 Å². The van der Waals surface area contributed by atoms with Gasteiger partial charge >= 0.3 is 0 Å². The van der Waals surface area contributed by atoms with Crippen LogP contribution in [0.2, 0.25) is 0 Å². The molecule has 0 amide bonds. The molecule has 0 spiro atoms. The van der Waals surface area contributed by atoms with E-state index in [0.29, 0.717) is 0 Å². The number of aryl methyl sites for hydroxylation is 1. The van der Waals surface area contributed by atoms with Gasteiger partial charge < -0.3 is 5.32 Å². The van der Waals surface area contributed by atoms with Gasteiger partial charge in [0.1, 0.15) is 5.01 Å². The lowest BCUT2D eigenvalue weighted by atomic mass is 10.2. The highest BCUT2D eigenvalue weighted by atomic mass is 32.1. The molecule has 5 heteroatoms. The molecule has 0 aliphatic rings. The molecule has 1 N–H and O–H groups in total. The van der Waals surface area contributed by atoms with Crippen LogP contribution < -0.4 is 5.32 Å². The lowest BCUT2D eigenvalue weighted by Crippen LogP contribution is -2.08. The van der Waals surface area contributed by atoms with Crippen LogP contribution in [0.25, 0.3) is 10.2 Å². The Hall–Kier alpha value is -1.46. The SMILES string of the molecule is CCC(Nc1nc2ccc(C)cc2s1)c1nccs1. The first-order chi connectivity index (χ1) is 9.26. The summed E-state index contributed by atoms with van der Waals surface area (Å²) in [7, 11) is 0. The Bertz CT molecular complexity index is 673. The summed E-state index contributed by atoms with van der Waals surface area (Å²) in [5.74, 6) is 0. The Morgan fingerprint density at radius 2 is 2.26 bits per heavy atom. The van der Waals surface area contributed by atoms with E-state index in [1.807, 2.05) is 11.6 Å². The Morgan fingerprint density at radius 3 is 3.00 bits per heavy atom. The largest absolute Gasteiger partial charge is 0.352 e.